The van der Waals surface area contributed by atoms with Gasteiger partial charge < -0.3 is 15.0 Å². The second kappa shape index (κ2) is 10.2. The van der Waals surface area contributed by atoms with E-state index in [1.807, 2.05) is 54.7 Å². The van der Waals surface area contributed by atoms with Gasteiger partial charge in [-0.2, -0.15) is 0 Å². The van der Waals surface area contributed by atoms with E-state index in [2.05, 4.69) is 18.8 Å². The second-order valence-corrected chi connectivity index (χ2v) is 10.1. The average molecular weight is 515 g/mol. The first kappa shape index (κ1) is 25.4. The number of aliphatic hydroxyl groups is 1. The van der Waals surface area contributed by atoms with Gasteiger partial charge in [0.05, 0.1) is 17.2 Å². The maximum atomic E-state index is 14.6. The number of rotatable bonds is 7. The third kappa shape index (κ3) is 4.72. The van der Waals surface area contributed by atoms with Crippen LogP contribution in [-0.2, 0) is 22.4 Å². The molecule has 0 bridgehead atoms. The number of carbonyl (C=O) groups excluding carboxylic acids is 2. The highest BCUT2D eigenvalue weighted by atomic mass is 19.1. The van der Waals surface area contributed by atoms with Crippen molar-refractivity contribution in [2.75, 3.05) is 6.54 Å². The molecular formula is C31H28F2N2O3. The Hall–Kier alpha value is -4.26. The number of fused-ring (bicyclic) bond motifs is 1. The summed E-state index contributed by atoms with van der Waals surface area (Å²) in [5.41, 5.74) is 3.13. The van der Waals surface area contributed by atoms with Crippen molar-refractivity contribution < 1.29 is 23.5 Å². The van der Waals surface area contributed by atoms with E-state index < -0.39 is 35.1 Å². The van der Waals surface area contributed by atoms with Gasteiger partial charge in [0.1, 0.15) is 17.4 Å². The quantitative estimate of drug-likeness (QED) is 0.172. The van der Waals surface area contributed by atoms with Crippen LogP contribution in [0.1, 0.15) is 42.1 Å². The summed E-state index contributed by atoms with van der Waals surface area (Å²) in [6.45, 7) is 4.43. The number of ketones is 1. The van der Waals surface area contributed by atoms with E-state index in [0.717, 1.165) is 40.6 Å². The van der Waals surface area contributed by atoms with Gasteiger partial charge in [0.25, 0.3) is 11.7 Å². The molecule has 0 saturated carbocycles. The molecule has 0 aliphatic carbocycles. The molecule has 1 fully saturated rings. The molecule has 2 N–H and O–H groups in total. The van der Waals surface area contributed by atoms with Crippen LogP contribution in [0.3, 0.4) is 0 Å². The first-order valence-electron chi connectivity index (χ1n) is 12.6. The molecule has 38 heavy (non-hydrogen) atoms. The van der Waals surface area contributed by atoms with Crippen LogP contribution >= 0.6 is 0 Å². The number of carbonyl (C=O) groups is 2. The summed E-state index contributed by atoms with van der Waals surface area (Å²) in [5, 5.41) is 12.1. The number of para-hydroxylation sites is 1. The third-order valence-corrected chi connectivity index (χ3v) is 6.96. The summed E-state index contributed by atoms with van der Waals surface area (Å²) in [7, 11) is 0. The van der Waals surface area contributed by atoms with Crippen molar-refractivity contribution in [2.45, 2.75) is 32.7 Å². The zero-order valence-electron chi connectivity index (χ0n) is 21.2. The van der Waals surface area contributed by atoms with Crippen LogP contribution in [0, 0.1) is 17.6 Å². The fourth-order valence-corrected chi connectivity index (χ4v) is 5.17. The number of aromatic amines is 1. The zero-order valence-corrected chi connectivity index (χ0v) is 21.2. The molecule has 1 aliphatic heterocycles. The molecule has 1 aliphatic rings. The Kier molecular flexibility index (Phi) is 6.85. The van der Waals surface area contributed by atoms with E-state index in [1.54, 1.807) is 0 Å². The molecule has 4 aromatic rings. The number of benzene rings is 3. The van der Waals surface area contributed by atoms with E-state index >= 15 is 0 Å². The van der Waals surface area contributed by atoms with E-state index in [0.29, 0.717) is 24.0 Å². The smallest absolute Gasteiger partial charge is 0.295 e. The fraction of sp³-hybridized carbons (Fsp3) is 0.226. The normalized spacial score (nSPS) is 17.2. The van der Waals surface area contributed by atoms with Crippen molar-refractivity contribution in [1.82, 2.24) is 9.88 Å². The summed E-state index contributed by atoms with van der Waals surface area (Å²) in [5.74, 6) is -3.71. The number of aromatic nitrogens is 1. The highest BCUT2D eigenvalue weighted by Crippen LogP contribution is 2.40. The minimum Gasteiger partial charge on any atom is -0.507 e. The number of H-pyrrole nitrogens is 1. The first-order chi connectivity index (χ1) is 18.2. The minimum absolute atomic E-state index is 0.202. The number of nitrogens with zero attached hydrogens (tertiary/aromatic N) is 1. The summed E-state index contributed by atoms with van der Waals surface area (Å²) in [6, 6.07) is 17.1. The highest BCUT2D eigenvalue weighted by molar-refractivity contribution is 6.46. The molecule has 5 rings (SSSR count). The molecule has 0 spiro atoms. The number of amides is 1. The van der Waals surface area contributed by atoms with Crippen LogP contribution in [0.15, 0.2) is 78.5 Å². The summed E-state index contributed by atoms with van der Waals surface area (Å²) in [4.78, 5) is 31.2. The first-order valence-corrected chi connectivity index (χ1v) is 12.6. The molecule has 1 aromatic heterocycles. The van der Waals surface area contributed by atoms with E-state index in [-0.39, 0.29) is 17.7 Å². The van der Waals surface area contributed by atoms with Crippen LogP contribution in [0.2, 0.25) is 0 Å². The maximum Gasteiger partial charge on any atom is 0.295 e. The number of nitrogens with one attached hydrogen (secondary N) is 1. The van der Waals surface area contributed by atoms with Crippen LogP contribution in [0.4, 0.5) is 8.78 Å². The molecule has 3 aromatic carbocycles. The van der Waals surface area contributed by atoms with Crippen LogP contribution in [-0.4, -0.2) is 33.2 Å². The lowest BCUT2D eigenvalue weighted by Gasteiger charge is -2.25. The Labute approximate surface area is 219 Å². The standard InChI is InChI=1S/C31H28F2N2O3/c1-18(2)15-19-7-9-20(10-8-19)28-27(29(36)24-12-11-22(32)16-25(24)33)30(37)31(38)35(28)14-13-21-17-34-26-6-4-3-5-23(21)26/h3-12,16-18,28,34,36H,13-15H2,1-2H3. The number of aliphatic hydroxyl groups excluding tert-OH is 1. The largest absolute Gasteiger partial charge is 0.507 e. The molecular weight excluding hydrogens is 486 g/mol. The van der Waals surface area contributed by atoms with Gasteiger partial charge in [-0.15, -0.1) is 0 Å². The molecule has 1 saturated heterocycles. The van der Waals surface area contributed by atoms with Crippen molar-refractivity contribution >= 4 is 28.4 Å². The molecule has 194 valence electrons. The molecule has 0 radical (unpaired) electrons. The van der Waals surface area contributed by atoms with Crippen molar-refractivity contribution in [3.63, 3.8) is 0 Å². The van der Waals surface area contributed by atoms with Crippen LogP contribution < -0.4 is 0 Å². The van der Waals surface area contributed by atoms with Gasteiger partial charge in [-0.3, -0.25) is 9.59 Å². The van der Waals surface area contributed by atoms with Crippen LogP contribution in [0.5, 0.6) is 0 Å². The Morgan fingerprint density at radius 3 is 2.47 bits per heavy atom. The molecule has 7 heteroatoms. The SMILES string of the molecule is CC(C)Cc1ccc(C2C(=C(O)c3ccc(F)cc3F)C(=O)C(=O)N2CCc2c[nH]c3ccccc23)cc1. The van der Waals surface area contributed by atoms with E-state index in [4.69, 9.17) is 0 Å². The lowest BCUT2D eigenvalue weighted by atomic mass is 9.93. The summed E-state index contributed by atoms with van der Waals surface area (Å²) < 4.78 is 28.1. The summed E-state index contributed by atoms with van der Waals surface area (Å²) >= 11 is 0. The molecule has 5 nitrogen and oxygen atoms in total. The Bertz CT molecular complexity index is 1550. The van der Waals surface area contributed by atoms with E-state index in [1.165, 1.54) is 4.90 Å². The van der Waals surface area contributed by atoms with Gasteiger partial charge in [0, 0.05) is 29.7 Å². The van der Waals surface area contributed by atoms with E-state index in [9.17, 15) is 23.5 Å². The van der Waals surface area contributed by atoms with Gasteiger partial charge in [0.15, 0.2) is 0 Å². The average Bonchev–Trinajstić information content (AvgIpc) is 3.41. The van der Waals surface area contributed by atoms with Crippen molar-refractivity contribution in [1.29, 1.82) is 0 Å². The minimum atomic E-state index is -1.02. The summed E-state index contributed by atoms with van der Waals surface area (Å²) in [6.07, 6.45) is 3.20. The van der Waals surface area contributed by atoms with Crippen molar-refractivity contribution in [2.24, 2.45) is 5.92 Å². The van der Waals surface area contributed by atoms with Gasteiger partial charge >= 0.3 is 0 Å². The lowest BCUT2D eigenvalue weighted by molar-refractivity contribution is -0.139. The molecule has 2 heterocycles. The molecule has 1 atom stereocenters. The predicted molar refractivity (Wildman–Crippen MR) is 142 cm³/mol. The number of halogens is 2. The highest BCUT2D eigenvalue weighted by Gasteiger charge is 2.46. The number of hydrogen-bond acceptors (Lipinski definition) is 3. The Morgan fingerprint density at radius 1 is 1.03 bits per heavy atom. The van der Waals surface area contributed by atoms with Crippen molar-refractivity contribution in [3.05, 3.63) is 112 Å². The molecule has 1 amide bonds. The monoisotopic (exact) mass is 514 g/mol. The number of likely N-dealkylation sites (tertiary alicyclic amines) is 1. The zero-order chi connectivity index (χ0) is 27.0. The van der Waals surface area contributed by atoms with Gasteiger partial charge in [-0.1, -0.05) is 56.3 Å². The molecule has 1 unspecified atom stereocenters. The van der Waals surface area contributed by atoms with Crippen molar-refractivity contribution in [3.8, 4) is 0 Å². The number of Topliss-reactive ketones (excluding diaryl/α,β-unsaturated/α-hetero) is 1. The maximum absolute atomic E-state index is 14.6. The van der Waals surface area contributed by atoms with Crippen LogP contribution in [0.25, 0.3) is 16.7 Å². The topological polar surface area (TPSA) is 73.4 Å². The Balaban J connectivity index is 1.57. The lowest BCUT2D eigenvalue weighted by Crippen LogP contribution is -2.31. The van der Waals surface area contributed by atoms with Gasteiger partial charge in [-0.05, 0) is 53.6 Å². The number of hydrogen-bond donors (Lipinski definition) is 2. The second-order valence-electron chi connectivity index (χ2n) is 10.1. The van der Waals surface area contributed by atoms with Gasteiger partial charge in [-0.25, -0.2) is 8.78 Å². The Morgan fingerprint density at radius 2 is 1.76 bits per heavy atom. The van der Waals surface area contributed by atoms with Gasteiger partial charge in [0.2, 0.25) is 0 Å². The third-order valence-electron chi connectivity index (χ3n) is 6.96. The fourth-order valence-electron chi connectivity index (χ4n) is 5.17. The predicted octanol–water partition coefficient (Wildman–Crippen LogP) is 6.31.